The van der Waals surface area contributed by atoms with Crippen LogP contribution in [0.3, 0.4) is 0 Å². The molecule has 0 aliphatic carbocycles. The Kier molecular flexibility index (Phi) is 4.63. The van der Waals surface area contributed by atoms with Crippen LogP contribution in [-0.2, 0) is 11.3 Å². The second-order valence-corrected chi connectivity index (χ2v) is 4.37. The second-order valence-electron chi connectivity index (χ2n) is 4.37. The SMILES string of the molecule is CC(C)C(C)OCc1ccc(F)cc1C(=O)O. The molecular formula is C13H17FO3. The number of hydrogen-bond donors (Lipinski definition) is 1. The number of aromatic carboxylic acids is 1. The number of hydrogen-bond acceptors (Lipinski definition) is 2. The molecule has 17 heavy (non-hydrogen) atoms. The van der Waals surface area contributed by atoms with Gasteiger partial charge in [0.05, 0.1) is 18.3 Å². The zero-order valence-corrected chi connectivity index (χ0v) is 10.2. The van der Waals surface area contributed by atoms with E-state index in [4.69, 9.17) is 9.84 Å². The van der Waals surface area contributed by atoms with Crippen molar-refractivity contribution < 1.29 is 19.0 Å². The maximum atomic E-state index is 12.9. The molecule has 1 aromatic carbocycles. The Labute approximate surface area is 100 Å². The third kappa shape index (κ3) is 3.82. The zero-order chi connectivity index (χ0) is 13.0. The first-order valence-corrected chi connectivity index (χ1v) is 5.55. The van der Waals surface area contributed by atoms with Crippen molar-refractivity contribution in [3.63, 3.8) is 0 Å². The summed E-state index contributed by atoms with van der Waals surface area (Å²) in [4.78, 5) is 10.9. The smallest absolute Gasteiger partial charge is 0.336 e. The summed E-state index contributed by atoms with van der Waals surface area (Å²) in [7, 11) is 0. The van der Waals surface area contributed by atoms with Crippen LogP contribution in [-0.4, -0.2) is 17.2 Å². The average molecular weight is 240 g/mol. The van der Waals surface area contributed by atoms with Gasteiger partial charge in [-0.15, -0.1) is 0 Å². The molecule has 0 saturated carbocycles. The summed E-state index contributed by atoms with van der Waals surface area (Å²) in [5.41, 5.74) is 0.451. The summed E-state index contributed by atoms with van der Waals surface area (Å²) in [6.45, 7) is 6.15. The Balaban J connectivity index is 2.80. The van der Waals surface area contributed by atoms with Crippen molar-refractivity contribution in [3.05, 3.63) is 35.1 Å². The highest BCUT2D eigenvalue weighted by molar-refractivity contribution is 5.89. The summed E-state index contributed by atoms with van der Waals surface area (Å²) < 4.78 is 18.5. The van der Waals surface area contributed by atoms with Gasteiger partial charge in [0, 0.05) is 0 Å². The van der Waals surface area contributed by atoms with Crippen molar-refractivity contribution in [2.75, 3.05) is 0 Å². The lowest BCUT2D eigenvalue weighted by molar-refractivity contribution is 0.0227. The summed E-state index contributed by atoms with van der Waals surface area (Å²) in [5, 5.41) is 8.94. The van der Waals surface area contributed by atoms with Crippen molar-refractivity contribution in [1.82, 2.24) is 0 Å². The van der Waals surface area contributed by atoms with Crippen LogP contribution in [0.4, 0.5) is 4.39 Å². The highest BCUT2D eigenvalue weighted by Gasteiger charge is 2.13. The Morgan fingerprint density at radius 2 is 2.06 bits per heavy atom. The number of rotatable bonds is 5. The molecule has 3 nitrogen and oxygen atoms in total. The molecule has 1 N–H and O–H groups in total. The fraction of sp³-hybridized carbons (Fsp3) is 0.462. The fourth-order valence-corrected chi connectivity index (χ4v) is 1.29. The van der Waals surface area contributed by atoms with Crippen LogP contribution in [0.1, 0.15) is 36.7 Å². The fourth-order valence-electron chi connectivity index (χ4n) is 1.29. The van der Waals surface area contributed by atoms with Crippen molar-refractivity contribution >= 4 is 5.97 Å². The van der Waals surface area contributed by atoms with Gasteiger partial charge in [0.15, 0.2) is 0 Å². The minimum absolute atomic E-state index is 0.0293. The number of benzene rings is 1. The van der Waals surface area contributed by atoms with E-state index >= 15 is 0 Å². The largest absolute Gasteiger partial charge is 0.478 e. The first kappa shape index (κ1) is 13.6. The normalized spacial score (nSPS) is 12.8. The molecule has 0 bridgehead atoms. The first-order valence-electron chi connectivity index (χ1n) is 5.55. The quantitative estimate of drug-likeness (QED) is 0.860. The maximum Gasteiger partial charge on any atom is 0.336 e. The van der Waals surface area contributed by atoms with Crippen LogP contribution < -0.4 is 0 Å². The summed E-state index contributed by atoms with van der Waals surface area (Å²) in [5.74, 6) is -1.34. The molecular weight excluding hydrogens is 223 g/mol. The molecule has 0 spiro atoms. The molecule has 0 fully saturated rings. The predicted molar refractivity (Wildman–Crippen MR) is 62.4 cm³/mol. The Bertz CT molecular complexity index is 402. The van der Waals surface area contributed by atoms with Crippen molar-refractivity contribution in [3.8, 4) is 0 Å². The second kappa shape index (κ2) is 5.77. The molecule has 0 saturated heterocycles. The van der Waals surface area contributed by atoms with E-state index in [0.29, 0.717) is 11.5 Å². The number of ether oxygens (including phenoxy) is 1. The van der Waals surface area contributed by atoms with Crippen LogP contribution in [0.15, 0.2) is 18.2 Å². The molecule has 0 aliphatic heterocycles. The number of halogens is 1. The molecule has 0 heterocycles. The van der Waals surface area contributed by atoms with Gasteiger partial charge in [-0.3, -0.25) is 0 Å². The van der Waals surface area contributed by atoms with Crippen LogP contribution in [0.2, 0.25) is 0 Å². The van der Waals surface area contributed by atoms with Gasteiger partial charge in [-0.05, 0) is 30.5 Å². The molecule has 1 atom stereocenters. The van der Waals surface area contributed by atoms with Crippen molar-refractivity contribution in [1.29, 1.82) is 0 Å². The van der Waals surface area contributed by atoms with Crippen LogP contribution in [0, 0.1) is 11.7 Å². The third-order valence-electron chi connectivity index (χ3n) is 2.74. The van der Waals surface area contributed by atoms with Crippen LogP contribution in [0.5, 0.6) is 0 Å². The third-order valence-corrected chi connectivity index (χ3v) is 2.74. The summed E-state index contributed by atoms with van der Waals surface area (Å²) >= 11 is 0. The van der Waals surface area contributed by atoms with E-state index in [-0.39, 0.29) is 18.3 Å². The lowest BCUT2D eigenvalue weighted by atomic mass is 10.1. The van der Waals surface area contributed by atoms with E-state index in [1.54, 1.807) is 0 Å². The molecule has 1 unspecified atom stereocenters. The molecule has 1 rings (SSSR count). The molecule has 94 valence electrons. The first-order chi connectivity index (χ1) is 7.91. The zero-order valence-electron chi connectivity index (χ0n) is 10.2. The van der Waals surface area contributed by atoms with Gasteiger partial charge in [-0.25, -0.2) is 9.18 Å². The summed E-state index contributed by atoms with van der Waals surface area (Å²) in [6.07, 6.45) is 0.0293. The Hall–Kier alpha value is -1.42. The topological polar surface area (TPSA) is 46.5 Å². The van der Waals surface area contributed by atoms with Gasteiger partial charge in [0.2, 0.25) is 0 Å². The minimum Gasteiger partial charge on any atom is -0.478 e. The van der Waals surface area contributed by atoms with Crippen LogP contribution >= 0.6 is 0 Å². The Morgan fingerprint density at radius 3 is 2.59 bits per heavy atom. The predicted octanol–water partition coefficient (Wildman–Crippen LogP) is 3.09. The van der Waals surface area contributed by atoms with Crippen LogP contribution in [0.25, 0.3) is 0 Å². The molecule has 0 aromatic heterocycles. The lowest BCUT2D eigenvalue weighted by Gasteiger charge is -2.17. The van der Waals surface area contributed by atoms with Gasteiger partial charge in [0.1, 0.15) is 5.82 Å². The van der Waals surface area contributed by atoms with Gasteiger partial charge in [-0.1, -0.05) is 19.9 Å². The molecule has 1 aromatic rings. The standard InChI is InChI=1S/C13H17FO3/c1-8(2)9(3)17-7-10-4-5-11(14)6-12(10)13(15)16/h4-6,8-9H,7H2,1-3H3,(H,15,16). The number of carboxylic acids is 1. The minimum atomic E-state index is -1.14. The summed E-state index contributed by atoms with van der Waals surface area (Å²) in [6, 6.07) is 3.71. The van der Waals surface area contributed by atoms with E-state index in [1.807, 2.05) is 20.8 Å². The van der Waals surface area contributed by atoms with Crippen molar-refractivity contribution in [2.45, 2.75) is 33.5 Å². The van der Waals surface area contributed by atoms with Gasteiger partial charge >= 0.3 is 5.97 Å². The molecule has 0 radical (unpaired) electrons. The number of carbonyl (C=O) groups is 1. The van der Waals surface area contributed by atoms with Gasteiger partial charge in [-0.2, -0.15) is 0 Å². The van der Waals surface area contributed by atoms with E-state index in [1.165, 1.54) is 12.1 Å². The maximum absolute atomic E-state index is 12.9. The lowest BCUT2D eigenvalue weighted by Crippen LogP contribution is -2.16. The molecule has 0 amide bonds. The van der Waals surface area contributed by atoms with Gasteiger partial charge < -0.3 is 9.84 Å². The molecule has 4 heteroatoms. The van der Waals surface area contributed by atoms with E-state index in [2.05, 4.69) is 0 Å². The Morgan fingerprint density at radius 1 is 1.41 bits per heavy atom. The average Bonchev–Trinajstić information content (AvgIpc) is 2.26. The highest BCUT2D eigenvalue weighted by Crippen LogP contribution is 2.15. The van der Waals surface area contributed by atoms with E-state index in [0.717, 1.165) is 6.07 Å². The highest BCUT2D eigenvalue weighted by atomic mass is 19.1. The van der Waals surface area contributed by atoms with E-state index < -0.39 is 11.8 Å². The van der Waals surface area contributed by atoms with Gasteiger partial charge in [0.25, 0.3) is 0 Å². The monoisotopic (exact) mass is 240 g/mol. The van der Waals surface area contributed by atoms with Crippen molar-refractivity contribution in [2.24, 2.45) is 5.92 Å². The number of carboxylic acid groups (broad SMARTS) is 1. The van der Waals surface area contributed by atoms with E-state index in [9.17, 15) is 9.18 Å². The molecule has 0 aliphatic rings.